The average molecular weight is 227 g/mol. The molecule has 0 aliphatic rings. The summed E-state index contributed by atoms with van der Waals surface area (Å²) in [7, 11) is 0. The molecular weight excluding hydrogens is 214 g/mol. The van der Waals surface area contributed by atoms with Crippen molar-refractivity contribution in [2.75, 3.05) is 5.75 Å². The van der Waals surface area contributed by atoms with Gasteiger partial charge in [0.2, 0.25) is 0 Å². The van der Waals surface area contributed by atoms with Crippen LogP contribution in [0.2, 0.25) is 0 Å². The Bertz CT molecular complexity index is 303. The van der Waals surface area contributed by atoms with Gasteiger partial charge in [-0.2, -0.15) is 9.64 Å². The first-order valence-corrected chi connectivity index (χ1v) is 6.45. The van der Waals surface area contributed by atoms with E-state index in [-0.39, 0.29) is 0 Å². The number of unbranched alkanes of at least 4 members (excludes halogenated alkanes) is 2. The van der Waals surface area contributed by atoms with E-state index in [4.69, 9.17) is 5.26 Å². The summed E-state index contributed by atoms with van der Waals surface area (Å²) in [5.41, 5.74) is 0. The van der Waals surface area contributed by atoms with Crippen molar-refractivity contribution in [1.82, 2.24) is 9.36 Å². The number of nitrogens with zero attached hydrogens (tertiary/aromatic N) is 3. The second kappa shape index (κ2) is 6.80. The molecular formula is C9H13N3S2. The highest BCUT2D eigenvalue weighted by Gasteiger charge is 2.01. The molecule has 0 N–H and O–H groups in total. The predicted molar refractivity (Wildman–Crippen MR) is 59.5 cm³/mol. The molecule has 0 bridgehead atoms. The molecule has 76 valence electrons. The quantitative estimate of drug-likeness (QED) is 0.554. The van der Waals surface area contributed by atoms with Crippen LogP contribution < -0.4 is 0 Å². The number of aromatic nitrogens is 2. The minimum absolute atomic E-state index is 0.664. The second-order valence-electron chi connectivity index (χ2n) is 2.79. The van der Waals surface area contributed by atoms with Gasteiger partial charge in [0.1, 0.15) is 5.82 Å². The van der Waals surface area contributed by atoms with Crippen LogP contribution in [-0.2, 0) is 6.42 Å². The summed E-state index contributed by atoms with van der Waals surface area (Å²) < 4.78 is 5.26. The number of rotatable bonds is 6. The zero-order chi connectivity index (χ0) is 10.2. The first-order chi connectivity index (χ1) is 6.86. The molecule has 1 aromatic rings. The van der Waals surface area contributed by atoms with Gasteiger partial charge in [0.05, 0.1) is 6.07 Å². The van der Waals surface area contributed by atoms with E-state index in [0.29, 0.717) is 6.42 Å². The van der Waals surface area contributed by atoms with Crippen LogP contribution in [0.15, 0.2) is 4.34 Å². The third-order valence-electron chi connectivity index (χ3n) is 1.67. The molecule has 14 heavy (non-hydrogen) atoms. The maximum atomic E-state index is 8.34. The monoisotopic (exact) mass is 227 g/mol. The highest BCUT2D eigenvalue weighted by atomic mass is 32.2. The van der Waals surface area contributed by atoms with E-state index >= 15 is 0 Å². The largest absolute Gasteiger partial charge is 0.213 e. The fraction of sp³-hybridized carbons (Fsp3) is 0.667. The summed E-state index contributed by atoms with van der Waals surface area (Å²) >= 11 is 3.22. The molecule has 5 heteroatoms. The van der Waals surface area contributed by atoms with E-state index in [2.05, 4.69) is 22.4 Å². The Morgan fingerprint density at radius 3 is 3.00 bits per heavy atom. The number of aryl methyl sites for hydroxylation is 1. The van der Waals surface area contributed by atoms with Crippen molar-refractivity contribution in [1.29, 1.82) is 5.26 Å². The van der Waals surface area contributed by atoms with E-state index < -0.39 is 0 Å². The summed E-state index contributed by atoms with van der Waals surface area (Å²) in [6.45, 7) is 2.06. The van der Waals surface area contributed by atoms with Gasteiger partial charge in [-0.15, -0.1) is 0 Å². The third-order valence-corrected chi connectivity index (χ3v) is 3.63. The molecule has 0 spiro atoms. The number of nitriles is 1. The van der Waals surface area contributed by atoms with Crippen molar-refractivity contribution >= 4 is 23.3 Å². The highest BCUT2D eigenvalue weighted by molar-refractivity contribution is 8.00. The SMILES string of the molecule is CCc1nsc(SCCCCC#N)n1. The van der Waals surface area contributed by atoms with Gasteiger partial charge >= 0.3 is 0 Å². The molecule has 0 saturated heterocycles. The lowest BCUT2D eigenvalue weighted by molar-refractivity contribution is 0.829. The number of hydrogen-bond acceptors (Lipinski definition) is 5. The molecule has 1 rings (SSSR count). The molecule has 3 nitrogen and oxygen atoms in total. The Hall–Kier alpha value is -0.600. The smallest absolute Gasteiger partial charge is 0.170 e. The van der Waals surface area contributed by atoms with Crippen LogP contribution >= 0.6 is 23.3 Å². The normalized spacial score (nSPS) is 10.0. The van der Waals surface area contributed by atoms with Crippen molar-refractivity contribution in [3.8, 4) is 6.07 Å². The summed E-state index contributed by atoms with van der Waals surface area (Å²) in [4.78, 5) is 4.35. The van der Waals surface area contributed by atoms with Gasteiger partial charge in [-0.05, 0) is 24.4 Å². The van der Waals surface area contributed by atoms with E-state index in [1.54, 1.807) is 11.8 Å². The van der Waals surface area contributed by atoms with Crippen LogP contribution in [0, 0.1) is 11.3 Å². The van der Waals surface area contributed by atoms with Crippen LogP contribution in [0.5, 0.6) is 0 Å². The molecule has 0 saturated carbocycles. The molecule has 1 heterocycles. The Morgan fingerprint density at radius 2 is 2.36 bits per heavy atom. The van der Waals surface area contributed by atoms with Crippen molar-refractivity contribution < 1.29 is 0 Å². The predicted octanol–water partition coefficient (Wildman–Crippen LogP) is 2.89. The van der Waals surface area contributed by atoms with Crippen LogP contribution in [-0.4, -0.2) is 15.1 Å². The zero-order valence-corrected chi connectivity index (χ0v) is 9.83. The van der Waals surface area contributed by atoms with Gasteiger partial charge in [0.25, 0.3) is 0 Å². The molecule has 0 fully saturated rings. The van der Waals surface area contributed by atoms with Gasteiger partial charge in [0.15, 0.2) is 4.34 Å². The lowest BCUT2D eigenvalue weighted by Gasteiger charge is -1.93. The molecule has 1 aromatic heterocycles. The van der Waals surface area contributed by atoms with Gasteiger partial charge < -0.3 is 0 Å². The summed E-state index contributed by atoms with van der Waals surface area (Å²) in [6, 6.07) is 2.14. The van der Waals surface area contributed by atoms with E-state index in [9.17, 15) is 0 Å². The van der Waals surface area contributed by atoms with E-state index in [1.807, 2.05) is 0 Å². The average Bonchev–Trinajstić information content (AvgIpc) is 2.65. The Kier molecular flexibility index (Phi) is 5.57. The first-order valence-electron chi connectivity index (χ1n) is 4.69. The molecule has 0 aliphatic heterocycles. The van der Waals surface area contributed by atoms with Gasteiger partial charge in [-0.25, -0.2) is 4.98 Å². The third kappa shape index (κ3) is 4.07. The summed E-state index contributed by atoms with van der Waals surface area (Å²) in [5, 5.41) is 8.34. The second-order valence-corrected chi connectivity index (χ2v) is 4.89. The van der Waals surface area contributed by atoms with E-state index in [0.717, 1.165) is 35.2 Å². The lowest BCUT2D eigenvalue weighted by Crippen LogP contribution is -1.82. The Labute approximate surface area is 92.7 Å². The van der Waals surface area contributed by atoms with E-state index in [1.165, 1.54) is 11.5 Å². The van der Waals surface area contributed by atoms with Gasteiger partial charge in [-0.3, -0.25) is 0 Å². The van der Waals surface area contributed by atoms with Crippen LogP contribution in [0.3, 0.4) is 0 Å². The lowest BCUT2D eigenvalue weighted by atomic mass is 10.3. The van der Waals surface area contributed by atoms with Crippen molar-refractivity contribution in [3.05, 3.63) is 5.82 Å². The number of hydrogen-bond donors (Lipinski definition) is 0. The minimum atomic E-state index is 0.664. The molecule has 0 atom stereocenters. The van der Waals surface area contributed by atoms with Crippen molar-refractivity contribution in [3.63, 3.8) is 0 Å². The summed E-state index contributed by atoms with van der Waals surface area (Å²) in [5.74, 6) is 1.98. The Morgan fingerprint density at radius 1 is 1.50 bits per heavy atom. The fourth-order valence-corrected chi connectivity index (χ4v) is 2.67. The summed E-state index contributed by atoms with van der Waals surface area (Å²) in [6.07, 6.45) is 3.64. The van der Waals surface area contributed by atoms with Crippen molar-refractivity contribution in [2.45, 2.75) is 36.9 Å². The maximum absolute atomic E-state index is 8.34. The van der Waals surface area contributed by atoms with Gasteiger partial charge in [0, 0.05) is 18.6 Å². The fourth-order valence-electron chi connectivity index (χ4n) is 0.906. The maximum Gasteiger partial charge on any atom is 0.170 e. The van der Waals surface area contributed by atoms with Crippen LogP contribution in [0.1, 0.15) is 32.0 Å². The molecule has 0 radical (unpaired) electrons. The molecule has 0 amide bonds. The van der Waals surface area contributed by atoms with Crippen LogP contribution in [0.25, 0.3) is 0 Å². The molecule has 0 unspecified atom stereocenters. The highest BCUT2D eigenvalue weighted by Crippen LogP contribution is 2.21. The standard InChI is InChI=1S/C9H13N3S2/c1-2-8-11-9(14-12-8)13-7-5-3-4-6-10/h2-5,7H2,1H3. The topological polar surface area (TPSA) is 49.6 Å². The Balaban J connectivity index is 2.15. The molecule has 0 aromatic carbocycles. The van der Waals surface area contributed by atoms with Crippen LogP contribution in [0.4, 0.5) is 0 Å². The van der Waals surface area contributed by atoms with Gasteiger partial charge in [-0.1, -0.05) is 18.7 Å². The zero-order valence-electron chi connectivity index (χ0n) is 8.19. The molecule has 0 aliphatic carbocycles. The first kappa shape index (κ1) is 11.5. The minimum Gasteiger partial charge on any atom is -0.213 e. The van der Waals surface area contributed by atoms with Crippen molar-refractivity contribution in [2.24, 2.45) is 0 Å². The number of thioether (sulfide) groups is 1.